The Labute approximate surface area is 99.6 Å². The van der Waals surface area contributed by atoms with E-state index in [4.69, 9.17) is 0 Å². The lowest BCUT2D eigenvalue weighted by Gasteiger charge is -2.20. The van der Waals surface area contributed by atoms with E-state index < -0.39 is 0 Å². The summed E-state index contributed by atoms with van der Waals surface area (Å²) in [6.45, 7) is 4.66. The Bertz CT molecular complexity index is 340. The quantitative estimate of drug-likeness (QED) is 0.828. The number of rotatable bonds is 2. The molecule has 1 fully saturated rings. The van der Waals surface area contributed by atoms with Crippen LogP contribution in [0.5, 0.6) is 0 Å². The van der Waals surface area contributed by atoms with Crippen LogP contribution in [0.1, 0.15) is 26.7 Å². The van der Waals surface area contributed by atoms with Crippen LogP contribution < -0.4 is 5.32 Å². The Hall–Kier alpha value is -0.570. The van der Waals surface area contributed by atoms with Crippen LogP contribution in [0.3, 0.4) is 0 Å². The molecule has 1 aliphatic carbocycles. The van der Waals surface area contributed by atoms with E-state index in [1.54, 1.807) is 0 Å². The highest BCUT2D eigenvalue weighted by Gasteiger charge is 2.29. The summed E-state index contributed by atoms with van der Waals surface area (Å²) in [7, 11) is 0. The summed E-state index contributed by atoms with van der Waals surface area (Å²) < 4.78 is 0.895. The standard InChI is InChI=1S/C12H17BrN2/c1-8-6-7-10(9(8)2)14-12-5-3-4-11(13)15-12/h3-5,8-10H,6-7H2,1-2H3,(H,14,15). The zero-order valence-corrected chi connectivity index (χ0v) is 10.8. The van der Waals surface area contributed by atoms with E-state index in [9.17, 15) is 0 Å². The van der Waals surface area contributed by atoms with Gasteiger partial charge in [0, 0.05) is 6.04 Å². The third-order valence-corrected chi connectivity index (χ3v) is 3.96. The first-order valence-electron chi connectivity index (χ1n) is 5.56. The summed E-state index contributed by atoms with van der Waals surface area (Å²) in [5, 5.41) is 3.52. The van der Waals surface area contributed by atoms with Gasteiger partial charge in [0.2, 0.25) is 0 Å². The predicted molar refractivity (Wildman–Crippen MR) is 66.9 cm³/mol. The summed E-state index contributed by atoms with van der Waals surface area (Å²) in [6.07, 6.45) is 2.59. The fourth-order valence-corrected chi connectivity index (χ4v) is 2.59. The molecule has 0 amide bonds. The third kappa shape index (κ3) is 2.51. The van der Waals surface area contributed by atoms with Gasteiger partial charge in [0.25, 0.3) is 0 Å². The van der Waals surface area contributed by atoms with Crippen molar-refractivity contribution in [2.24, 2.45) is 11.8 Å². The van der Waals surface area contributed by atoms with Crippen molar-refractivity contribution < 1.29 is 0 Å². The summed E-state index contributed by atoms with van der Waals surface area (Å²) in [5.41, 5.74) is 0. The fraction of sp³-hybridized carbons (Fsp3) is 0.583. The number of pyridine rings is 1. The minimum atomic E-state index is 0.585. The number of nitrogens with one attached hydrogen (secondary N) is 1. The van der Waals surface area contributed by atoms with Crippen molar-refractivity contribution in [2.45, 2.75) is 32.7 Å². The van der Waals surface area contributed by atoms with Crippen molar-refractivity contribution in [3.8, 4) is 0 Å². The summed E-state index contributed by atoms with van der Waals surface area (Å²) in [4.78, 5) is 4.40. The normalized spacial score (nSPS) is 30.5. The molecular formula is C12H17BrN2. The van der Waals surface area contributed by atoms with Gasteiger partial charge in [-0.3, -0.25) is 0 Å². The van der Waals surface area contributed by atoms with Crippen molar-refractivity contribution in [2.75, 3.05) is 5.32 Å². The molecule has 1 saturated carbocycles. The van der Waals surface area contributed by atoms with Crippen molar-refractivity contribution in [1.29, 1.82) is 0 Å². The average Bonchev–Trinajstić information content (AvgIpc) is 2.50. The van der Waals surface area contributed by atoms with E-state index in [1.807, 2.05) is 18.2 Å². The number of aromatic nitrogens is 1. The molecule has 0 aliphatic heterocycles. The Morgan fingerprint density at radius 1 is 1.33 bits per heavy atom. The lowest BCUT2D eigenvalue weighted by molar-refractivity contribution is 0.435. The highest BCUT2D eigenvalue weighted by molar-refractivity contribution is 9.10. The molecule has 1 heterocycles. The number of hydrogen-bond acceptors (Lipinski definition) is 2. The highest BCUT2D eigenvalue weighted by atomic mass is 79.9. The van der Waals surface area contributed by atoms with Gasteiger partial charge in [-0.15, -0.1) is 0 Å². The van der Waals surface area contributed by atoms with Gasteiger partial charge < -0.3 is 5.32 Å². The Kier molecular flexibility index (Phi) is 3.29. The molecule has 1 aliphatic rings. The van der Waals surface area contributed by atoms with Crippen LogP contribution in [0.25, 0.3) is 0 Å². The molecule has 1 aromatic heterocycles. The van der Waals surface area contributed by atoms with Crippen molar-refractivity contribution in [1.82, 2.24) is 4.98 Å². The number of halogens is 1. The first-order valence-corrected chi connectivity index (χ1v) is 6.35. The molecule has 3 atom stereocenters. The smallest absolute Gasteiger partial charge is 0.127 e. The zero-order valence-electron chi connectivity index (χ0n) is 9.20. The monoisotopic (exact) mass is 268 g/mol. The minimum Gasteiger partial charge on any atom is -0.367 e. The second-order valence-corrected chi connectivity index (χ2v) is 5.32. The second kappa shape index (κ2) is 4.52. The fourth-order valence-electron chi connectivity index (χ4n) is 2.25. The van der Waals surface area contributed by atoms with Gasteiger partial charge in [-0.25, -0.2) is 4.98 Å². The molecular weight excluding hydrogens is 252 g/mol. The van der Waals surface area contributed by atoms with E-state index in [0.717, 1.165) is 22.3 Å². The molecule has 0 spiro atoms. The lowest BCUT2D eigenvalue weighted by Crippen LogP contribution is -2.24. The Morgan fingerprint density at radius 2 is 2.13 bits per heavy atom. The van der Waals surface area contributed by atoms with Crippen LogP contribution in [-0.4, -0.2) is 11.0 Å². The van der Waals surface area contributed by atoms with Crippen LogP contribution in [0.2, 0.25) is 0 Å². The maximum atomic E-state index is 4.40. The van der Waals surface area contributed by atoms with E-state index in [1.165, 1.54) is 12.8 Å². The summed E-state index contributed by atoms with van der Waals surface area (Å²) in [6, 6.07) is 6.58. The molecule has 0 radical (unpaired) electrons. The molecule has 2 rings (SSSR count). The van der Waals surface area contributed by atoms with E-state index in [2.05, 4.69) is 40.1 Å². The molecule has 2 nitrogen and oxygen atoms in total. The minimum absolute atomic E-state index is 0.585. The lowest BCUT2D eigenvalue weighted by atomic mass is 9.98. The molecule has 3 unspecified atom stereocenters. The van der Waals surface area contributed by atoms with Crippen LogP contribution in [0.4, 0.5) is 5.82 Å². The van der Waals surface area contributed by atoms with Crippen LogP contribution in [0.15, 0.2) is 22.8 Å². The molecule has 0 saturated heterocycles. The highest BCUT2D eigenvalue weighted by Crippen LogP contribution is 2.32. The zero-order chi connectivity index (χ0) is 10.8. The van der Waals surface area contributed by atoms with Gasteiger partial charge in [-0.2, -0.15) is 0 Å². The van der Waals surface area contributed by atoms with Crippen LogP contribution in [0, 0.1) is 11.8 Å². The van der Waals surface area contributed by atoms with Gasteiger partial charge in [-0.1, -0.05) is 19.9 Å². The van der Waals surface area contributed by atoms with E-state index >= 15 is 0 Å². The van der Waals surface area contributed by atoms with Crippen LogP contribution in [-0.2, 0) is 0 Å². The topological polar surface area (TPSA) is 24.9 Å². The van der Waals surface area contributed by atoms with Gasteiger partial charge in [0.1, 0.15) is 10.4 Å². The van der Waals surface area contributed by atoms with Crippen LogP contribution >= 0.6 is 15.9 Å². The molecule has 0 bridgehead atoms. The maximum absolute atomic E-state index is 4.40. The molecule has 1 N–H and O–H groups in total. The largest absolute Gasteiger partial charge is 0.367 e. The summed E-state index contributed by atoms with van der Waals surface area (Å²) in [5.74, 6) is 2.55. The number of hydrogen-bond donors (Lipinski definition) is 1. The summed E-state index contributed by atoms with van der Waals surface area (Å²) >= 11 is 3.39. The number of anilines is 1. The Morgan fingerprint density at radius 3 is 2.73 bits per heavy atom. The maximum Gasteiger partial charge on any atom is 0.127 e. The van der Waals surface area contributed by atoms with Gasteiger partial charge in [0.05, 0.1) is 0 Å². The van der Waals surface area contributed by atoms with E-state index in [0.29, 0.717) is 6.04 Å². The first-order chi connectivity index (χ1) is 7.16. The first kappa shape index (κ1) is 10.9. The average molecular weight is 269 g/mol. The SMILES string of the molecule is CC1CCC(Nc2cccc(Br)n2)C1C. The molecule has 82 valence electrons. The van der Waals surface area contributed by atoms with Crippen molar-refractivity contribution >= 4 is 21.7 Å². The van der Waals surface area contributed by atoms with Crippen molar-refractivity contribution in [3.63, 3.8) is 0 Å². The van der Waals surface area contributed by atoms with E-state index in [-0.39, 0.29) is 0 Å². The molecule has 15 heavy (non-hydrogen) atoms. The molecule has 3 heteroatoms. The van der Waals surface area contributed by atoms with Gasteiger partial charge in [-0.05, 0) is 52.7 Å². The molecule has 0 aromatic carbocycles. The molecule has 1 aromatic rings. The predicted octanol–water partition coefficient (Wildman–Crippen LogP) is 3.69. The number of nitrogens with zero attached hydrogens (tertiary/aromatic N) is 1. The third-order valence-electron chi connectivity index (χ3n) is 3.51. The van der Waals surface area contributed by atoms with Gasteiger partial charge in [0.15, 0.2) is 0 Å². The van der Waals surface area contributed by atoms with Gasteiger partial charge >= 0.3 is 0 Å². The Balaban J connectivity index is 2.03. The van der Waals surface area contributed by atoms with Crippen molar-refractivity contribution in [3.05, 3.63) is 22.8 Å². The second-order valence-electron chi connectivity index (χ2n) is 4.51.